The quantitative estimate of drug-likeness (QED) is 0.653. The van der Waals surface area contributed by atoms with Gasteiger partial charge < -0.3 is 9.63 Å². The lowest BCUT2D eigenvalue weighted by molar-refractivity contribution is -0.384. The number of aliphatic hydroxyl groups excluding tert-OH is 1. The highest BCUT2D eigenvalue weighted by atomic mass is 16.6. The summed E-state index contributed by atoms with van der Waals surface area (Å²) in [6, 6.07) is 6.04. The molecule has 1 aromatic heterocycles. The molecule has 7 heteroatoms. The molecule has 100 valence electrons. The molecule has 2 aromatic rings. The first-order chi connectivity index (χ1) is 9.06. The molecule has 0 aliphatic carbocycles. The van der Waals surface area contributed by atoms with E-state index in [1.165, 1.54) is 12.1 Å². The Morgan fingerprint density at radius 3 is 3.00 bits per heavy atom. The molecule has 0 bridgehead atoms. The Balaban J connectivity index is 2.18. The van der Waals surface area contributed by atoms with Gasteiger partial charge in [0, 0.05) is 24.1 Å². The van der Waals surface area contributed by atoms with Crippen LogP contribution >= 0.6 is 0 Å². The van der Waals surface area contributed by atoms with Gasteiger partial charge in [-0.25, -0.2) is 0 Å². The molecule has 0 saturated carbocycles. The smallest absolute Gasteiger partial charge is 0.270 e. The van der Waals surface area contributed by atoms with Gasteiger partial charge in [-0.2, -0.15) is 4.98 Å². The third-order valence-corrected chi connectivity index (χ3v) is 2.56. The second kappa shape index (κ2) is 5.57. The molecule has 0 saturated heterocycles. The summed E-state index contributed by atoms with van der Waals surface area (Å²) in [6.07, 6.45) is 0.559. The molecule has 0 amide bonds. The van der Waals surface area contributed by atoms with Crippen molar-refractivity contribution in [3.05, 3.63) is 40.3 Å². The van der Waals surface area contributed by atoms with Crippen molar-refractivity contribution >= 4 is 5.69 Å². The lowest BCUT2D eigenvalue weighted by atomic mass is 10.2. The molecule has 19 heavy (non-hydrogen) atoms. The summed E-state index contributed by atoms with van der Waals surface area (Å²) in [5, 5.41) is 23.6. The van der Waals surface area contributed by atoms with Crippen LogP contribution in [0.3, 0.4) is 0 Å². The molecular formula is C12H13N3O4. The maximum Gasteiger partial charge on any atom is 0.270 e. The number of aryl methyl sites for hydroxylation is 1. The van der Waals surface area contributed by atoms with Crippen LogP contribution in [0.25, 0.3) is 11.4 Å². The van der Waals surface area contributed by atoms with Crippen molar-refractivity contribution in [1.82, 2.24) is 10.1 Å². The summed E-state index contributed by atoms with van der Waals surface area (Å²) in [5.41, 5.74) is 0.508. The van der Waals surface area contributed by atoms with Gasteiger partial charge in [-0.1, -0.05) is 17.3 Å². The van der Waals surface area contributed by atoms with Gasteiger partial charge in [0.25, 0.3) is 5.69 Å². The van der Waals surface area contributed by atoms with Crippen molar-refractivity contribution in [2.75, 3.05) is 0 Å². The van der Waals surface area contributed by atoms with Gasteiger partial charge in [-0.05, 0) is 13.3 Å². The zero-order chi connectivity index (χ0) is 13.8. The molecule has 7 nitrogen and oxygen atoms in total. The highest BCUT2D eigenvalue weighted by Gasteiger charge is 2.12. The van der Waals surface area contributed by atoms with Crippen LogP contribution in [0.5, 0.6) is 0 Å². The first-order valence-corrected chi connectivity index (χ1v) is 5.81. The van der Waals surface area contributed by atoms with E-state index in [4.69, 9.17) is 4.52 Å². The van der Waals surface area contributed by atoms with Crippen molar-refractivity contribution in [3.8, 4) is 11.4 Å². The fourth-order valence-corrected chi connectivity index (χ4v) is 1.56. The summed E-state index contributed by atoms with van der Waals surface area (Å²) >= 11 is 0. The van der Waals surface area contributed by atoms with Crippen LogP contribution in [0.15, 0.2) is 28.8 Å². The van der Waals surface area contributed by atoms with E-state index >= 15 is 0 Å². The predicted molar refractivity (Wildman–Crippen MR) is 66.4 cm³/mol. The maximum absolute atomic E-state index is 10.7. The summed E-state index contributed by atoms with van der Waals surface area (Å²) in [4.78, 5) is 14.3. The topological polar surface area (TPSA) is 102 Å². The van der Waals surface area contributed by atoms with E-state index in [9.17, 15) is 15.2 Å². The van der Waals surface area contributed by atoms with Crippen molar-refractivity contribution in [3.63, 3.8) is 0 Å². The lowest BCUT2D eigenvalue weighted by Gasteiger charge is -1.98. The SMILES string of the molecule is CC(O)CCc1nc(-c2cccc([N+](=O)[O-])c2)no1. The average Bonchev–Trinajstić information content (AvgIpc) is 2.85. The zero-order valence-corrected chi connectivity index (χ0v) is 10.3. The molecule has 2 rings (SSSR count). The Labute approximate surface area is 109 Å². The number of aromatic nitrogens is 2. The third kappa shape index (κ3) is 3.35. The summed E-state index contributed by atoms with van der Waals surface area (Å²) in [5.74, 6) is 0.715. The summed E-state index contributed by atoms with van der Waals surface area (Å²) < 4.78 is 5.03. The minimum atomic E-state index is -0.474. The van der Waals surface area contributed by atoms with Crippen molar-refractivity contribution in [2.24, 2.45) is 0 Å². The van der Waals surface area contributed by atoms with Crippen LogP contribution in [0.1, 0.15) is 19.2 Å². The number of hydrogen-bond acceptors (Lipinski definition) is 6. The molecule has 1 atom stereocenters. The molecule has 1 unspecified atom stereocenters. The molecule has 1 N–H and O–H groups in total. The van der Waals surface area contributed by atoms with Gasteiger partial charge in [0.2, 0.25) is 11.7 Å². The predicted octanol–water partition coefficient (Wildman–Crippen LogP) is 1.96. The largest absolute Gasteiger partial charge is 0.393 e. The molecule has 0 radical (unpaired) electrons. The molecule has 0 aliphatic heterocycles. The third-order valence-electron chi connectivity index (χ3n) is 2.56. The standard InChI is InChI=1S/C12H13N3O4/c1-8(16)5-6-11-13-12(14-19-11)9-3-2-4-10(7-9)15(17)18/h2-4,7-8,16H,5-6H2,1H3. The van der Waals surface area contributed by atoms with Crippen LogP contribution in [0, 0.1) is 10.1 Å². The van der Waals surface area contributed by atoms with Crippen LogP contribution < -0.4 is 0 Å². The van der Waals surface area contributed by atoms with Gasteiger partial charge in [0.1, 0.15) is 0 Å². The van der Waals surface area contributed by atoms with E-state index < -0.39 is 11.0 Å². The number of non-ortho nitro benzene ring substituents is 1. The fourth-order valence-electron chi connectivity index (χ4n) is 1.56. The van der Waals surface area contributed by atoms with Gasteiger partial charge in [-0.3, -0.25) is 10.1 Å². The number of rotatable bonds is 5. The Hall–Kier alpha value is -2.28. The normalized spacial score (nSPS) is 12.3. The van der Waals surface area contributed by atoms with Gasteiger partial charge in [0.05, 0.1) is 11.0 Å². The highest BCUT2D eigenvalue weighted by Crippen LogP contribution is 2.21. The second-order valence-corrected chi connectivity index (χ2v) is 4.21. The molecule has 0 spiro atoms. The second-order valence-electron chi connectivity index (χ2n) is 4.21. The number of nitrogens with zero attached hydrogens (tertiary/aromatic N) is 3. The fraction of sp³-hybridized carbons (Fsp3) is 0.333. The first-order valence-electron chi connectivity index (χ1n) is 5.81. The van der Waals surface area contributed by atoms with Crippen LogP contribution in [-0.2, 0) is 6.42 Å². The van der Waals surface area contributed by atoms with Crippen molar-refractivity contribution < 1.29 is 14.6 Å². The van der Waals surface area contributed by atoms with E-state index in [0.29, 0.717) is 30.1 Å². The Morgan fingerprint density at radius 1 is 1.53 bits per heavy atom. The van der Waals surface area contributed by atoms with Crippen LogP contribution in [0.2, 0.25) is 0 Å². The number of nitro benzene ring substituents is 1. The monoisotopic (exact) mass is 263 g/mol. The van der Waals surface area contributed by atoms with E-state index in [1.54, 1.807) is 19.1 Å². The molecule has 1 aromatic carbocycles. The maximum atomic E-state index is 10.7. The van der Waals surface area contributed by atoms with Crippen LogP contribution in [-0.4, -0.2) is 26.3 Å². The van der Waals surface area contributed by atoms with Crippen molar-refractivity contribution in [1.29, 1.82) is 0 Å². The van der Waals surface area contributed by atoms with E-state index in [-0.39, 0.29) is 5.69 Å². The average molecular weight is 263 g/mol. The van der Waals surface area contributed by atoms with E-state index in [1.807, 2.05) is 0 Å². The van der Waals surface area contributed by atoms with E-state index in [0.717, 1.165) is 0 Å². The van der Waals surface area contributed by atoms with Crippen molar-refractivity contribution in [2.45, 2.75) is 25.9 Å². The molecule has 0 aliphatic rings. The Bertz CT molecular complexity index is 580. The highest BCUT2D eigenvalue weighted by molar-refractivity contribution is 5.58. The number of aliphatic hydroxyl groups is 1. The first kappa shape index (κ1) is 13.2. The number of nitro groups is 1. The number of hydrogen-bond donors (Lipinski definition) is 1. The van der Waals surface area contributed by atoms with E-state index in [2.05, 4.69) is 10.1 Å². The number of benzene rings is 1. The Kier molecular flexibility index (Phi) is 3.86. The van der Waals surface area contributed by atoms with Gasteiger partial charge in [-0.15, -0.1) is 0 Å². The minimum Gasteiger partial charge on any atom is -0.393 e. The lowest BCUT2D eigenvalue weighted by Crippen LogP contribution is -2.01. The summed E-state index contributed by atoms with van der Waals surface area (Å²) in [6.45, 7) is 1.68. The Morgan fingerprint density at radius 2 is 2.32 bits per heavy atom. The minimum absolute atomic E-state index is 0.0205. The summed E-state index contributed by atoms with van der Waals surface area (Å²) in [7, 11) is 0. The zero-order valence-electron chi connectivity index (χ0n) is 10.3. The molecule has 0 fully saturated rings. The van der Waals surface area contributed by atoms with Gasteiger partial charge >= 0.3 is 0 Å². The molecular weight excluding hydrogens is 250 g/mol. The molecule has 1 heterocycles. The van der Waals surface area contributed by atoms with Gasteiger partial charge in [0.15, 0.2) is 0 Å². The van der Waals surface area contributed by atoms with Crippen LogP contribution in [0.4, 0.5) is 5.69 Å².